The standard InChI is InChI=1S/C40H28N2/c1-2-12-31(13-3-1)42-38-16-7-6-15-33(38)34-24-30(19-22-39(34)42)28-11-8-10-27(23-28)29-18-20-36-35(25-29)40-32-14-5-4-9-26(32)17-21-37(40)41-36/h1-12,14-25,31,41H,13H2. The van der Waals surface area contributed by atoms with Crippen LogP contribution < -0.4 is 0 Å². The summed E-state index contributed by atoms with van der Waals surface area (Å²) < 4.78 is 2.50. The van der Waals surface area contributed by atoms with E-state index in [4.69, 9.17) is 0 Å². The molecule has 1 unspecified atom stereocenters. The molecule has 0 fully saturated rings. The number of fused-ring (bicyclic) bond motifs is 8. The second-order valence-corrected chi connectivity index (χ2v) is 11.4. The maximum atomic E-state index is 3.63. The molecule has 1 N–H and O–H groups in total. The predicted molar refractivity (Wildman–Crippen MR) is 179 cm³/mol. The van der Waals surface area contributed by atoms with E-state index in [1.807, 2.05) is 0 Å². The molecular formula is C40H28N2. The average molecular weight is 537 g/mol. The zero-order valence-corrected chi connectivity index (χ0v) is 23.1. The van der Waals surface area contributed by atoms with E-state index in [0.29, 0.717) is 6.04 Å². The van der Waals surface area contributed by atoms with E-state index in [1.54, 1.807) is 0 Å². The Labute approximate surface area is 243 Å². The van der Waals surface area contributed by atoms with Gasteiger partial charge in [-0.25, -0.2) is 0 Å². The van der Waals surface area contributed by atoms with Gasteiger partial charge in [0.05, 0.1) is 6.04 Å². The second kappa shape index (κ2) is 9.09. The molecule has 1 aliphatic carbocycles. The Hall–Kier alpha value is -5.34. The Kier molecular flexibility index (Phi) is 5.06. The van der Waals surface area contributed by atoms with Crippen LogP contribution in [0.2, 0.25) is 0 Å². The highest BCUT2D eigenvalue weighted by molar-refractivity contribution is 6.20. The number of hydrogen-bond donors (Lipinski definition) is 1. The number of H-pyrrole nitrogens is 1. The van der Waals surface area contributed by atoms with Gasteiger partial charge >= 0.3 is 0 Å². The van der Waals surface area contributed by atoms with Crippen molar-refractivity contribution in [2.24, 2.45) is 0 Å². The van der Waals surface area contributed by atoms with Crippen molar-refractivity contribution < 1.29 is 0 Å². The van der Waals surface area contributed by atoms with Gasteiger partial charge in [-0.3, -0.25) is 0 Å². The summed E-state index contributed by atoms with van der Waals surface area (Å²) >= 11 is 0. The Balaban J connectivity index is 1.18. The number of aromatic amines is 1. The lowest BCUT2D eigenvalue weighted by atomic mass is 9.96. The molecule has 9 rings (SSSR count). The molecule has 42 heavy (non-hydrogen) atoms. The minimum absolute atomic E-state index is 0.336. The lowest BCUT2D eigenvalue weighted by Gasteiger charge is -2.18. The first kappa shape index (κ1) is 23.4. The van der Waals surface area contributed by atoms with Crippen molar-refractivity contribution in [2.75, 3.05) is 0 Å². The molecule has 0 saturated heterocycles. The van der Waals surface area contributed by atoms with Crippen molar-refractivity contribution in [3.8, 4) is 22.3 Å². The molecule has 2 nitrogen and oxygen atoms in total. The fourth-order valence-corrected chi connectivity index (χ4v) is 7.03. The monoisotopic (exact) mass is 536 g/mol. The summed E-state index contributed by atoms with van der Waals surface area (Å²) in [5.74, 6) is 0. The van der Waals surface area contributed by atoms with Crippen LogP contribution in [0.1, 0.15) is 12.5 Å². The fourth-order valence-electron chi connectivity index (χ4n) is 7.03. The van der Waals surface area contributed by atoms with Crippen LogP contribution in [-0.2, 0) is 0 Å². The smallest absolute Gasteiger partial charge is 0.0560 e. The van der Waals surface area contributed by atoms with Gasteiger partial charge in [0, 0.05) is 43.6 Å². The van der Waals surface area contributed by atoms with E-state index < -0.39 is 0 Å². The number of hydrogen-bond acceptors (Lipinski definition) is 0. The van der Waals surface area contributed by atoms with Crippen molar-refractivity contribution in [3.63, 3.8) is 0 Å². The summed E-state index contributed by atoms with van der Waals surface area (Å²) in [7, 11) is 0. The second-order valence-electron chi connectivity index (χ2n) is 11.4. The van der Waals surface area contributed by atoms with Gasteiger partial charge in [-0.15, -0.1) is 0 Å². The molecule has 2 heterocycles. The number of aromatic nitrogens is 2. The SMILES string of the molecule is C1=CCC(n2c3ccccc3c3cc(-c4cccc(-c5ccc6[nH]c7ccc8ccccc8c7c6c5)c4)ccc32)C=C1. The van der Waals surface area contributed by atoms with Crippen LogP contribution in [0.4, 0.5) is 0 Å². The quantitative estimate of drug-likeness (QED) is 0.232. The molecule has 0 bridgehead atoms. The van der Waals surface area contributed by atoms with E-state index in [0.717, 1.165) is 6.42 Å². The van der Waals surface area contributed by atoms with Gasteiger partial charge in [-0.2, -0.15) is 0 Å². The number of para-hydroxylation sites is 1. The molecular weight excluding hydrogens is 508 g/mol. The number of allylic oxidation sites excluding steroid dienone is 4. The molecule has 6 aromatic carbocycles. The molecule has 1 aliphatic rings. The maximum Gasteiger partial charge on any atom is 0.0560 e. The molecule has 8 aromatic rings. The molecule has 198 valence electrons. The van der Waals surface area contributed by atoms with Crippen LogP contribution in [0.3, 0.4) is 0 Å². The van der Waals surface area contributed by atoms with Crippen LogP contribution >= 0.6 is 0 Å². The van der Waals surface area contributed by atoms with Crippen LogP contribution in [0.5, 0.6) is 0 Å². The maximum absolute atomic E-state index is 3.63. The fraction of sp³-hybridized carbons (Fsp3) is 0.0500. The summed E-state index contributed by atoms with van der Waals surface area (Å²) in [6.07, 6.45) is 9.92. The molecule has 2 aromatic heterocycles. The number of nitrogens with one attached hydrogen (secondary N) is 1. The Morgan fingerprint density at radius 2 is 1.24 bits per heavy atom. The van der Waals surface area contributed by atoms with Crippen molar-refractivity contribution in [3.05, 3.63) is 146 Å². The average Bonchev–Trinajstić information content (AvgIpc) is 3.60. The summed E-state index contributed by atoms with van der Waals surface area (Å²) in [6.45, 7) is 0. The van der Waals surface area contributed by atoms with Gasteiger partial charge in [0.1, 0.15) is 0 Å². The third-order valence-corrected chi connectivity index (χ3v) is 9.02. The van der Waals surface area contributed by atoms with E-state index in [1.165, 1.54) is 76.6 Å². The minimum atomic E-state index is 0.336. The Morgan fingerprint density at radius 1 is 0.524 bits per heavy atom. The van der Waals surface area contributed by atoms with Crippen LogP contribution in [-0.4, -0.2) is 9.55 Å². The predicted octanol–water partition coefficient (Wildman–Crippen LogP) is 11.0. The molecule has 0 aliphatic heterocycles. The molecule has 0 amide bonds. The zero-order valence-electron chi connectivity index (χ0n) is 23.1. The lowest BCUT2D eigenvalue weighted by molar-refractivity contribution is 0.648. The van der Waals surface area contributed by atoms with Crippen molar-refractivity contribution in [1.29, 1.82) is 0 Å². The van der Waals surface area contributed by atoms with Crippen LogP contribution in [0, 0.1) is 0 Å². The van der Waals surface area contributed by atoms with Crippen LogP contribution in [0.25, 0.3) is 76.6 Å². The number of nitrogens with zero attached hydrogens (tertiary/aromatic N) is 1. The lowest BCUT2D eigenvalue weighted by Crippen LogP contribution is -2.06. The Morgan fingerprint density at radius 3 is 2.10 bits per heavy atom. The van der Waals surface area contributed by atoms with Crippen LogP contribution in [0.15, 0.2) is 146 Å². The van der Waals surface area contributed by atoms with Gasteiger partial charge in [0.15, 0.2) is 0 Å². The van der Waals surface area contributed by atoms with Gasteiger partial charge in [-0.05, 0) is 81.9 Å². The van der Waals surface area contributed by atoms with Gasteiger partial charge in [-0.1, -0.05) is 103 Å². The topological polar surface area (TPSA) is 20.7 Å². The molecule has 0 saturated carbocycles. The molecule has 0 radical (unpaired) electrons. The molecule has 0 spiro atoms. The Bertz CT molecular complexity index is 2400. The first-order valence-corrected chi connectivity index (χ1v) is 14.7. The highest BCUT2D eigenvalue weighted by Crippen LogP contribution is 2.38. The van der Waals surface area contributed by atoms with Gasteiger partial charge < -0.3 is 9.55 Å². The third kappa shape index (κ3) is 3.52. The number of rotatable bonds is 3. The van der Waals surface area contributed by atoms with E-state index in [2.05, 4.69) is 155 Å². The first-order valence-electron chi connectivity index (χ1n) is 14.7. The van der Waals surface area contributed by atoms with Crippen molar-refractivity contribution in [2.45, 2.75) is 12.5 Å². The highest BCUT2D eigenvalue weighted by atomic mass is 15.0. The van der Waals surface area contributed by atoms with Gasteiger partial charge in [0.2, 0.25) is 0 Å². The minimum Gasteiger partial charge on any atom is -0.354 e. The summed E-state index contributed by atoms with van der Waals surface area (Å²) in [5.41, 5.74) is 9.87. The van der Waals surface area contributed by atoms with E-state index >= 15 is 0 Å². The van der Waals surface area contributed by atoms with Gasteiger partial charge in [0.25, 0.3) is 0 Å². The first-order chi connectivity index (χ1) is 20.8. The summed E-state index contributed by atoms with van der Waals surface area (Å²) in [6, 6.07) is 45.0. The number of benzene rings is 6. The third-order valence-electron chi connectivity index (χ3n) is 9.02. The van der Waals surface area contributed by atoms with E-state index in [9.17, 15) is 0 Å². The summed E-state index contributed by atoms with van der Waals surface area (Å²) in [4.78, 5) is 3.63. The van der Waals surface area contributed by atoms with Crippen molar-refractivity contribution in [1.82, 2.24) is 9.55 Å². The molecule has 2 heteroatoms. The largest absolute Gasteiger partial charge is 0.354 e. The van der Waals surface area contributed by atoms with Crippen molar-refractivity contribution >= 4 is 54.4 Å². The normalized spacial score (nSPS) is 15.1. The highest BCUT2D eigenvalue weighted by Gasteiger charge is 2.17. The summed E-state index contributed by atoms with van der Waals surface area (Å²) in [5, 5.41) is 7.75. The zero-order chi connectivity index (χ0) is 27.6. The van der Waals surface area contributed by atoms with E-state index in [-0.39, 0.29) is 0 Å². The molecule has 1 atom stereocenters.